The maximum atomic E-state index is 9.79. The summed E-state index contributed by atoms with van der Waals surface area (Å²) < 4.78 is 0. The summed E-state index contributed by atoms with van der Waals surface area (Å²) in [6.07, 6.45) is 0. The molecule has 12 rings (SSSR count). The molecule has 0 N–H and O–H groups in total. The second-order valence-electron chi connectivity index (χ2n) is 19.9. The predicted molar refractivity (Wildman–Crippen MR) is 303 cm³/mol. The van der Waals surface area contributed by atoms with Crippen molar-refractivity contribution >= 4 is 66.4 Å². The molecule has 4 heteroatoms. The summed E-state index contributed by atoms with van der Waals surface area (Å²) in [7, 11) is 0. The van der Waals surface area contributed by atoms with Crippen LogP contribution in [0.5, 0.6) is 0 Å². The number of anilines is 6. The zero-order chi connectivity index (χ0) is 49.8. The van der Waals surface area contributed by atoms with Crippen molar-refractivity contribution < 1.29 is 0 Å². The minimum Gasteiger partial charge on any atom is -0.310 e. The van der Waals surface area contributed by atoms with Gasteiger partial charge in [0.2, 0.25) is 0 Å². The summed E-state index contributed by atoms with van der Waals surface area (Å²) in [6, 6.07) is 88.1. The lowest BCUT2D eigenvalue weighted by Crippen LogP contribution is -2.29. The fourth-order valence-electron chi connectivity index (χ4n) is 11.5. The van der Waals surface area contributed by atoms with Crippen molar-refractivity contribution in [3.63, 3.8) is 0 Å². The molecule has 0 saturated heterocycles. The van der Waals surface area contributed by atoms with Crippen LogP contribution in [0.1, 0.15) is 84.0 Å². The van der Waals surface area contributed by atoms with E-state index in [1.54, 1.807) is 0 Å². The third-order valence-corrected chi connectivity index (χ3v) is 15.1. The van der Waals surface area contributed by atoms with Crippen molar-refractivity contribution in [2.45, 2.75) is 44.9 Å². The van der Waals surface area contributed by atoms with Crippen LogP contribution in [0, 0.1) is 22.7 Å². The molecule has 0 spiro atoms. The lowest BCUT2D eigenvalue weighted by molar-refractivity contribution is 0.777. The highest BCUT2D eigenvalue weighted by molar-refractivity contribution is 6.20. The van der Waals surface area contributed by atoms with E-state index in [4.69, 9.17) is 0 Å². The topological polar surface area (TPSA) is 54.1 Å². The maximum absolute atomic E-state index is 9.79. The molecule has 0 radical (unpaired) electrons. The van der Waals surface area contributed by atoms with Crippen molar-refractivity contribution in [1.82, 2.24) is 0 Å². The molecular weight excluding hydrogens is 885 g/mol. The number of rotatable bonds is 10. The zero-order valence-electron chi connectivity index (χ0n) is 41.4. The highest BCUT2D eigenvalue weighted by Gasteiger charge is 2.48. The fourth-order valence-corrected chi connectivity index (χ4v) is 11.5. The van der Waals surface area contributed by atoms with Gasteiger partial charge < -0.3 is 9.80 Å². The number of hydrogen-bond donors (Lipinski definition) is 0. The zero-order valence-corrected chi connectivity index (χ0v) is 41.4. The maximum Gasteiger partial charge on any atom is 0.0991 e. The smallest absolute Gasteiger partial charge is 0.0991 e. The van der Waals surface area contributed by atoms with Gasteiger partial charge in [0.15, 0.2) is 0 Å². The summed E-state index contributed by atoms with van der Waals surface area (Å²) >= 11 is 0. The van der Waals surface area contributed by atoms with Crippen molar-refractivity contribution in [3.8, 4) is 23.3 Å². The molecule has 1 aliphatic rings. The van der Waals surface area contributed by atoms with Gasteiger partial charge >= 0.3 is 0 Å². The molecule has 0 atom stereocenters. The van der Waals surface area contributed by atoms with Crippen LogP contribution >= 0.6 is 0 Å². The molecule has 0 saturated carbocycles. The van der Waals surface area contributed by atoms with Gasteiger partial charge in [-0.15, -0.1) is 0 Å². The van der Waals surface area contributed by atoms with E-state index in [0.717, 1.165) is 44.9 Å². The Hall–Kier alpha value is -9.22. The standard InChI is InChI=1S/C69H52N4/c1-45(2)49-23-32-57(33-24-49)72(55-28-19-47(43-70)20-29-55)59-36-27-51-40-65-66(41-52(51)39-59)69(53-13-7-5-8-14-53,54-15-9-6-10-16-54)68-63-38-37-60(42-64(63)61-17-11-12-18-62(61)67(65)68)73(56-30-21-48(44-71)22-31-56)58-34-25-50(26-35-58)46(3)4/h5-42,45-46H,1-4H3. The molecular formula is C69H52N4. The average Bonchev–Trinajstić information content (AvgIpc) is 3.74. The third kappa shape index (κ3) is 7.51. The van der Waals surface area contributed by atoms with Crippen LogP contribution in [-0.2, 0) is 5.41 Å². The van der Waals surface area contributed by atoms with Crippen LogP contribution < -0.4 is 9.80 Å². The SMILES string of the molecule is CC(C)c1ccc(N(c2ccc(C#N)cc2)c2ccc3cc4c(cc3c2)C(c2ccccc2)(c2ccccc2)c2c-4c3ccccc3c3cc(N(c4ccc(C#N)cc4)c4ccc(C(C)C)cc4)ccc23)cc1. The molecule has 1 aliphatic carbocycles. The molecule has 0 unspecified atom stereocenters. The van der Waals surface area contributed by atoms with Crippen molar-refractivity contribution in [3.05, 3.63) is 275 Å². The van der Waals surface area contributed by atoms with Gasteiger partial charge in [-0.1, -0.05) is 149 Å². The normalized spacial score (nSPS) is 12.4. The molecule has 11 aromatic rings. The molecule has 348 valence electrons. The largest absolute Gasteiger partial charge is 0.310 e. The fraction of sp³-hybridized carbons (Fsp3) is 0.101. The van der Waals surface area contributed by atoms with Gasteiger partial charge in [0, 0.05) is 34.1 Å². The van der Waals surface area contributed by atoms with Gasteiger partial charge in [0.1, 0.15) is 0 Å². The van der Waals surface area contributed by atoms with E-state index in [1.807, 2.05) is 36.4 Å². The van der Waals surface area contributed by atoms with Crippen LogP contribution in [0.15, 0.2) is 231 Å². The van der Waals surface area contributed by atoms with Crippen LogP contribution in [0.25, 0.3) is 43.4 Å². The van der Waals surface area contributed by atoms with Gasteiger partial charge in [-0.05, 0) is 198 Å². The monoisotopic (exact) mass is 936 g/mol. The number of hydrogen-bond acceptors (Lipinski definition) is 4. The summed E-state index contributed by atoms with van der Waals surface area (Å²) in [5.41, 5.74) is 16.6. The third-order valence-electron chi connectivity index (χ3n) is 15.1. The highest BCUT2D eigenvalue weighted by atomic mass is 15.1. The summed E-state index contributed by atoms with van der Waals surface area (Å²) in [4.78, 5) is 4.61. The summed E-state index contributed by atoms with van der Waals surface area (Å²) in [6.45, 7) is 8.90. The second-order valence-corrected chi connectivity index (χ2v) is 19.9. The van der Waals surface area contributed by atoms with E-state index in [1.165, 1.54) is 66.1 Å². The molecule has 0 aromatic heterocycles. The molecule has 73 heavy (non-hydrogen) atoms. The Balaban J connectivity index is 1.13. The second kappa shape index (κ2) is 18.2. The van der Waals surface area contributed by atoms with Crippen molar-refractivity contribution in [1.29, 1.82) is 10.5 Å². The Morgan fingerprint density at radius 1 is 0.370 bits per heavy atom. The quantitative estimate of drug-likeness (QED) is 0.128. The Morgan fingerprint density at radius 3 is 1.30 bits per heavy atom. The van der Waals surface area contributed by atoms with Gasteiger partial charge in [-0.2, -0.15) is 10.5 Å². The summed E-state index contributed by atoms with van der Waals surface area (Å²) in [5.74, 6) is 0.812. The minimum atomic E-state index is -0.708. The first-order valence-electron chi connectivity index (χ1n) is 25.2. The average molecular weight is 937 g/mol. The lowest BCUT2D eigenvalue weighted by Gasteiger charge is -2.35. The van der Waals surface area contributed by atoms with E-state index in [0.29, 0.717) is 23.0 Å². The Labute approximate surface area is 427 Å². The van der Waals surface area contributed by atoms with Crippen LogP contribution in [-0.4, -0.2) is 0 Å². The van der Waals surface area contributed by atoms with E-state index >= 15 is 0 Å². The summed E-state index contributed by atoms with van der Waals surface area (Å²) in [5, 5.41) is 26.6. The molecule has 0 amide bonds. The first kappa shape index (κ1) is 45.0. The Morgan fingerprint density at radius 2 is 0.808 bits per heavy atom. The molecule has 4 nitrogen and oxygen atoms in total. The molecule has 0 heterocycles. The molecule has 0 aliphatic heterocycles. The highest BCUT2D eigenvalue weighted by Crippen LogP contribution is 2.61. The van der Waals surface area contributed by atoms with E-state index in [-0.39, 0.29) is 0 Å². The van der Waals surface area contributed by atoms with Gasteiger partial charge in [0.25, 0.3) is 0 Å². The van der Waals surface area contributed by atoms with Crippen molar-refractivity contribution in [2.24, 2.45) is 0 Å². The lowest BCUT2D eigenvalue weighted by atomic mass is 9.66. The molecule has 0 bridgehead atoms. The first-order chi connectivity index (χ1) is 35.7. The van der Waals surface area contributed by atoms with Gasteiger partial charge in [-0.25, -0.2) is 0 Å². The van der Waals surface area contributed by atoms with Crippen LogP contribution in [0.2, 0.25) is 0 Å². The van der Waals surface area contributed by atoms with E-state index in [2.05, 4.69) is 244 Å². The molecule has 0 fully saturated rings. The van der Waals surface area contributed by atoms with E-state index < -0.39 is 5.41 Å². The van der Waals surface area contributed by atoms with Crippen LogP contribution in [0.4, 0.5) is 34.1 Å². The first-order valence-corrected chi connectivity index (χ1v) is 25.2. The minimum absolute atomic E-state index is 0.404. The van der Waals surface area contributed by atoms with Gasteiger partial charge in [0.05, 0.1) is 28.7 Å². The number of nitrogens with zero attached hydrogens (tertiary/aromatic N) is 4. The van der Waals surface area contributed by atoms with Crippen molar-refractivity contribution in [2.75, 3.05) is 9.80 Å². The predicted octanol–water partition coefficient (Wildman–Crippen LogP) is 18.4. The number of fused-ring (bicyclic) bond motifs is 9. The van der Waals surface area contributed by atoms with Gasteiger partial charge in [-0.3, -0.25) is 0 Å². The molecule has 11 aromatic carbocycles. The Kier molecular flexibility index (Phi) is 11.2. The number of nitriles is 2. The van der Waals surface area contributed by atoms with E-state index in [9.17, 15) is 10.5 Å². The van der Waals surface area contributed by atoms with Crippen LogP contribution in [0.3, 0.4) is 0 Å². The number of benzene rings is 11. The Bertz CT molecular complexity index is 3920.